The molecule has 7 heteroatoms. The fourth-order valence-corrected chi connectivity index (χ4v) is 4.62. The van der Waals surface area contributed by atoms with Crippen molar-refractivity contribution in [2.24, 2.45) is 0 Å². The molecule has 0 spiro atoms. The third-order valence-corrected chi connectivity index (χ3v) is 6.75. The van der Waals surface area contributed by atoms with Crippen molar-refractivity contribution in [3.8, 4) is 0 Å². The third-order valence-electron chi connectivity index (χ3n) is 4.09. The molecule has 6 nitrogen and oxygen atoms in total. The molecule has 0 unspecified atom stereocenters. The van der Waals surface area contributed by atoms with E-state index < -0.39 is 14.8 Å². The largest absolute Gasteiger partial charge is 0.396 e. The SMILES string of the molecule is O=S(=O)(N(CCO)CCCO)C1(COCc2ccccc2)CC1. The van der Waals surface area contributed by atoms with Gasteiger partial charge >= 0.3 is 0 Å². The van der Waals surface area contributed by atoms with Gasteiger partial charge in [0.15, 0.2) is 0 Å². The first kappa shape index (κ1) is 18.4. The number of sulfonamides is 1. The predicted octanol–water partition coefficient (Wildman–Crippen LogP) is 0.742. The smallest absolute Gasteiger partial charge is 0.222 e. The van der Waals surface area contributed by atoms with Crippen LogP contribution in [0.2, 0.25) is 0 Å². The van der Waals surface area contributed by atoms with E-state index in [1.165, 1.54) is 4.31 Å². The lowest BCUT2D eigenvalue weighted by atomic mass is 10.2. The Morgan fingerprint density at radius 1 is 1.09 bits per heavy atom. The number of hydrogen-bond donors (Lipinski definition) is 2. The summed E-state index contributed by atoms with van der Waals surface area (Å²) in [5.74, 6) is 0. The van der Waals surface area contributed by atoms with E-state index in [0.717, 1.165) is 5.56 Å². The summed E-state index contributed by atoms with van der Waals surface area (Å²) in [6.45, 7) is 0.517. The zero-order valence-electron chi connectivity index (χ0n) is 13.2. The number of hydrogen-bond acceptors (Lipinski definition) is 5. The molecule has 23 heavy (non-hydrogen) atoms. The summed E-state index contributed by atoms with van der Waals surface area (Å²) in [6.07, 6.45) is 1.51. The van der Waals surface area contributed by atoms with Crippen molar-refractivity contribution >= 4 is 10.0 Å². The maximum Gasteiger partial charge on any atom is 0.222 e. The lowest BCUT2D eigenvalue weighted by molar-refractivity contribution is 0.114. The van der Waals surface area contributed by atoms with Crippen LogP contribution in [-0.4, -0.2) is 60.6 Å². The average molecular weight is 343 g/mol. The summed E-state index contributed by atoms with van der Waals surface area (Å²) in [5, 5.41) is 18.0. The van der Waals surface area contributed by atoms with Gasteiger partial charge in [-0.2, -0.15) is 4.31 Å². The lowest BCUT2D eigenvalue weighted by Crippen LogP contribution is -2.44. The maximum absolute atomic E-state index is 12.8. The van der Waals surface area contributed by atoms with Gasteiger partial charge in [0.05, 0.1) is 19.8 Å². The number of benzene rings is 1. The van der Waals surface area contributed by atoms with Crippen molar-refractivity contribution in [1.82, 2.24) is 4.31 Å². The molecule has 1 fully saturated rings. The molecule has 2 N–H and O–H groups in total. The van der Waals surface area contributed by atoms with Crippen LogP contribution in [0, 0.1) is 0 Å². The molecule has 0 aliphatic heterocycles. The Kier molecular flexibility index (Phi) is 6.55. The highest BCUT2D eigenvalue weighted by atomic mass is 32.2. The zero-order chi connectivity index (χ0) is 16.8. The van der Waals surface area contributed by atoms with Crippen LogP contribution in [0.25, 0.3) is 0 Å². The Morgan fingerprint density at radius 2 is 1.78 bits per heavy atom. The molecule has 1 saturated carbocycles. The molecule has 0 atom stereocenters. The summed E-state index contributed by atoms with van der Waals surface area (Å²) in [6, 6.07) is 9.63. The van der Waals surface area contributed by atoms with Crippen LogP contribution >= 0.6 is 0 Å². The van der Waals surface area contributed by atoms with Crippen molar-refractivity contribution in [2.45, 2.75) is 30.6 Å². The topological polar surface area (TPSA) is 87.1 Å². The predicted molar refractivity (Wildman–Crippen MR) is 87.3 cm³/mol. The Bertz CT molecular complexity index is 571. The van der Waals surface area contributed by atoms with Crippen molar-refractivity contribution < 1.29 is 23.4 Å². The first-order valence-electron chi connectivity index (χ1n) is 7.89. The minimum atomic E-state index is -3.54. The van der Waals surface area contributed by atoms with Crippen LogP contribution in [0.3, 0.4) is 0 Å². The average Bonchev–Trinajstić information content (AvgIpc) is 3.34. The van der Waals surface area contributed by atoms with Gasteiger partial charge in [-0.1, -0.05) is 30.3 Å². The van der Waals surface area contributed by atoms with Gasteiger partial charge in [0.25, 0.3) is 0 Å². The molecule has 0 amide bonds. The van der Waals surface area contributed by atoms with Gasteiger partial charge in [-0.15, -0.1) is 0 Å². The summed E-state index contributed by atoms with van der Waals surface area (Å²) >= 11 is 0. The molecule has 1 aromatic rings. The van der Waals surface area contributed by atoms with E-state index in [2.05, 4.69) is 0 Å². The lowest BCUT2D eigenvalue weighted by Gasteiger charge is -2.27. The number of rotatable bonds is 11. The van der Waals surface area contributed by atoms with E-state index in [4.69, 9.17) is 14.9 Å². The molecule has 1 aliphatic carbocycles. The van der Waals surface area contributed by atoms with Gasteiger partial charge in [0.2, 0.25) is 10.0 Å². The molecule has 0 saturated heterocycles. The van der Waals surface area contributed by atoms with E-state index >= 15 is 0 Å². The van der Waals surface area contributed by atoms with Crippen molar-refractivity contribution in [3.05, 3.63) is 35.9 Å². The molecular weight excluding hydrogens is 318 g/mol. The van der Waals surface area contributed by atoms with Crippen LogP contribution in [0.1, 0.15) is 24.8 Å². The molecule has 0 aromatic heterocycles. The second kappa shape index (κ2) is 8.21. The van der Waals surface area contributed by atoms with Gasteiger partial charge in [0.1, 0.15) is 4.75 Å². The molecule has 130 valence electrons. The van der Waals surface area contributed by atoms with Crippen LogP contribution in [0.4, 0.5) is 0 Å². The number of nitrogens with zero attached hydrogens (tertiary/aromatic N) is 1. The van der Waals surface area contributed by atoms with Gasteiger partial charge in [-0.25, -0.2) is 8.42 Å². The van der Waals surface area contributed by atoms with E-state index in [9.17, 15) is 8.42 Å². The third kappa shape index (κ3) is 4.51. The Morgan fingerprint density at radius 3 is 2.35 bits per heavy atom. The fraction of sp³-hybridized carbons (Fsp3) is 0.625. The summed E-state index contributed by atoms with van der Waals surface area (Å²) < 4.78 is 31.7. The standard InChI is InChI=1S/C16H25NO5S/c18-11-4-9-17(10-12-19)23(20,21)16(7-8-16)14-22-13-15-5-2-1-3-6-15/h1-3,5-6,18-19H,4,7-14H2. The van der Waals surface area contributed by atoms with Gasteiger partial charge in [-0.05, 0) is 24.8 Å². The van der Waals surface area contributed by atoms with Gasteiger partial charge in [-0.3, -0.25) is 0 Å². The zero-order valence-corrected chi connectivity index (χ0v) is 14.0. The molecule has 0 heterocycles. The number of aliphatic hydroxyl groups is 2. The van der Waals surface area contributed by atoms with E-state index in [-0.39, 0.29) is 32.9 Å². The highest BCUT2D eigenvalue weighted by molar-refractivity contribution is 7.90. The Balaban J connectivity index is 1.96. The highest BCUT2D eigenvalue weighted by Crippen LogP contribution is 2.45. The van der Waals surface area contributed by atoms with Crippen LogP contribution in [0.15, 0.2) is 30.3 Å². The molecule has 2 rings (SSSR count). The van der Waals surface area contributed by atoms with Crippen molar-refractivity contribution in [1.29, 1.82) is 0 Å². The normalized spacial score (nSPS) is 16.7. The van der Waals surface area contributed by atoms with Crippen LogP contribution < -0.4 is 0 Å². The quantitative estimate of drug-likeness (QED) is 0.619. The monoisotopic (exact) mass is 343 g/mol. The van der Waals surface area contributed by atoms with Crippen molar-refractivity contribution in [3.63, 3.8) is 0 Å². The fourth-order valence-electron chi connectivity index (χ4n) is 2.53. The highest BCUT2D eigenvalue weighted by Gasteiger charge is 2.56. The molecule has 0 bridgehead atoms. The minimum absolute atomic E-state index is 0.0583. The summed E-state index contributed by atoms with van der Waals surface area (Å²) in [4.78, 5) is 0. The van der Waals surface area contributed by atoms with E-state index in [1.54, 1.807) is 0 Å². The summed E-state index contributed by atoms with van der Waals surface area (Å²) in [7, 11) is -3.54. The van der Waals surface area contributed by atoms with Crippen molar-refractivity contribution in [2.75, 3.05) is 32.9 Å². The van der Waals surface area contributed by atoms with Gasteiger partial charge < -0.3 is 14.9 Å². The second-order valence-electron chi connectivity index (χ2n) is 5.87. The van der Waals surface area contributed by atoms with Crippen LogP contribution in [0.5, 0.6) is 0 Å². The minimum Gasteiger partial charge on any atom is -0.396 e. The molecule has 0 radical (unpaired) electrons. The first-order chi connectivity index (χ1) is 11.1. The Hall–Kier alpha value is -0.990. The Labute approximate surface area is 137 Å². The molecule has 1 aromatic carbocycles. The maximum atomic E-state index is 12.8. The second-order valence-corrected chi connectivity index (χ2v) is 8.20. The summed E-state index contributed by atoms with van der Waals surface area (Å²) in [5.41, 5.74) is 1.01. The number of ether oxygens (including phenoxy) is 1. The number of aliphatic hydroxyl groups excluding tert-OH is 2. The van der Waals surface area contributed by atoms with Crippen LogP contribution in [-0.2, 0) is 21.4 Å². The van der Waals surface area contributed by atoms with E-state index in [1.807, 2.05) is 30.3 Å². The van der Waals surface area contributed by atoms with E-state index in [0.29, 0.717) is 25.9 Å². The molecule has 1 aliphatic rings. The molecular formula is C16H25NO5S. The van der Waals surface area contributed by atoms with Gasteiger partial charge in [0, 0.05) is 19.7 Å². The first-order valence-corrected chi connectivity index (χ1v) is 9.33.